The fraction of sp³-hybridized carbons (Fsp3) is 0.600. The number of likely N-dealkylation sites (tertiary alicyclic amines) is 1. The van der Waals surface area contributed by atoms with E-state index in [1.807, 2.05) is 0 Å². The van der Waals surface area contributed by atoms with Gasteiger partial charge in [0.05, 0.1) is 11.0 Å². The maximum atomic E-state index is 12.4. The van der Waals surface area contributed by atoms with Crippen molar-refractivity contribution >= 4 is 15.9 Å². The molecule has 22 heavy (non-hydrogen) atoms. The first-order chi connectivity index (χ1) is 10.2. The molecule has 0 N–H and O–H groups in total. The Labute approximate surface area is 131 Å². The van der Waals surface area contributed by atoms with Gasteiger partial charge in [-0.2, -0.15) is 0 Å². The summed E-state index contributed by atoms with van der Waals surface area (Å²) in [5, 5.41) is -0.541. The standard InChI is InChI=1S/C15H22N2O4S/c1-15(2,3)21-14(18)17-8-6-13(10-17)22(19,20)11-12-5-4-7-16-9-12/h4-5,7,9,13H,6,8,10-11H2,1-3H3/t13-/m0/s1. The number of carbonyl (C=O) groups excluding carboxylic acids is 1. The fourth-order valence-electron chi connectivity index (χ4n) is 2.35. The lowest BCUT2D eigenvalue weighted by atomic mass is 10.2. The Hall–Kier alpha value is -1.63. The van der Waals surface area contributed by atoms with E-state index in [1.54, 1.807) is 45.3 Å². The molecule has 7 heteroatoms. The molecule has 1 atom stereocenters. The molecule has 1 aromatic heterocycles. The Morgan fingerprint density at radius 2 is 2.18 bits per heavy atom. The molecule has 1 aromatic rings. The lowest BCUT2D eigenvalue weighted by molar-refractivity contribution is 0.0295. The third kappa shape index (κ3) is 4.43. The van der Waals surface area contributed by atoms with Crippen molar-refractivity contribution in [1.29, 1.82) is 0 Å². The molecule has 0 saturated carbocycles. The highest BCUT2D eigenvalue weighted by Crippen LogP contribution is 2.22. The van der Waals surface area contributed by atoms with Gasteiger partial charge in [-0.05, 0) is 38.8 Å². The lowest BCUT2D eigenvalue weighted by Crippen LogP contribution is -2.36. The molecule has 1 amide bonds. The molecule has 1 aliphatic heterocycles. The smallest absolute Gasteiger partial charge is 0.410 e. The molecule has 0 aliphatic carbocycles. The minimum absolute atomic E-state index is 0.0480. The van der Waals surface area contributed by atoms with Crippen LogP contribution in [0.1, 0.15) is 32.8 Å². The number of amides is 1. The van der Waals surface area contributed by atoms with Gasteiger partial charge in [0.15, 0.2) is 9.84 Å². The summed E-state index contributed by atoms with van der Waals surface area (Å²) in [4.78, 5) is 17.4. The first-order valence-electron chi connectivity index (χ1n) is 7.26. The number of ether oxygens (including phenoxy) is 1. The number of nitrogens with zero attached hydrogens (tertiary/aromatic N) is 2. The summed E-state index contributed by atoms with van der Waals surface area (Å²) < 4.78 is 30.2. The summed E-state index contributed by atoms with van der Waals surface area (Å²) in [7, 11) is -3.31. The molecule has 0 spiro atoms. The summed E-state index contributed by atoms with van der Waals surface area (Å²) in [6.07, 6.45) is 3.15. The molecule has 1 aliphatic rings. The van der Waals surface area contributed by atoms with Crippen molar-refractivity contribution in [2.24, 2.45) is 0 Å². The van der Waals surface area contributed by atoms with Gasteiger partial charge in [0, 0.05) is 25.5 Å². The highest BCUT2D eigenvalue weighted by Gasteiger charge is 2.36. The molecule has 122 valence electrons. The van der Waals surface area contributed by atoms with Crippen molar-refractivity contribution in [2.45, 2.75) is 43.8 Å². The second kappa shape index (κ2) is 6.24. The van der Waals surface area contributed by atoms with Crippen LogP contribution in [-0.2, 0) is 20.3 Å². The highest BCUT2D eigenvalue weighted by molar-refractivity contribution is 7.91. The van der Waals surface area contributed by atoms with Crippen molar-refractivity contribution in [3.05, 3.63) is 30.1 Å². The van der Waals surface area contributed by atoms with Crippen LogP contribution in [0.5, 0.6) is 0 Å². The second-order valence-corrected chi connectivity index (χ2v) is 8.79. The van der Waals surface area contributed by atoms with E-state index in [9.17, 15) is 13.2 Å². The average molecular weight is 326 g/mol. The zero-order chi connectivity index (χ0) is 16.4. The summed E-state index contributed by atoms with van der Waals surface area (Å²) in [6, 6.07) is 3.46. The van der Waals surface area contributed by atoms with Gasteiger partial charge in [0.1, 0.15) is 5.60 Å². The van der Waals surface area contributed by atoms with Gasteiger partial charge >= 0.3 is 6.09 Å². The minimum atomic E-state index is -3.31. The van der Waals surface area contributed by atoms with E-state index in [2.05, 4.69) is 4.98 Å². The third-order valence-electron chi connectivity index (χ3n) is 3.40. The number of rotatable bonds is 3. The predicted molar refractivity (Wildman–Crippen MR) is 83.1 cm³/mol. The first-order valence-corrected chi connectivity index (χ1v) is 8.97. The molecule has 1 fully saturated rings. The van der Waals surface area contributed by atoms with Gasteiger partial charge in [-0.3, -0.25) is 4.98 Å². The molecular weight excluding hydrogens is 304 g/mol. The zero-order valence-electron chi connectivity index (χ0n) is 13.2. The monoisotopic (exact) mass is 326 g/mol. The molecule has 0 bridgehead atoms. The molecule has 1 saturated heterocycles. The van der Waals surface area contributed by atoms with Gasteiger partial charge in [0.25, 0.3) is 0 Å². The van der Waals surface area contributed by atoms with E-state index in [0.717, 1.165) is 0 Å². The number of hydrogen-bond donors (Lipinski definition) is 0. The van der Waals surface area contributed by atoms with Crippen molar-refractivity contribution in [3.8, 4) is 0 Å². The van der Waals surface area contributed by atoms with Crippen molar-refractivity contribution in [2.75, 3.05) is 13.1 Å². The van der Waals surface area contributed by atoms with E-state index in [1.165, 1.54) is 4.90 Å². The molecule has 2 rings (SSSR count). The Balaban J connectivity index is 1.99. The Morgan fingerprint density at radius 1 is 1.45 bits per heavy atom. The number of hydrogen-bond acceptors (Lipinski definition) is 5. The predicted octanol–water partition coefficient (Wildman–Crippen LogP) is 2.01. The lowest BCUT2D eigenvalue weighted by Gasteiger charge is -2.24. The SMILES string of the molecule is CC(C)(C)OC(=O)N1CC[C@H](S(=O)(=O)Cc2cccnc2)C1. The van der Waals surface area contributed by atoms with Crippen LogP contribution < -0.4 is 0 Å². The van der Waals surface area contributed by atoms with Gasteiger partial charge in [-0.1, -0.05) is 6.07 Å². The quantitative estimate of drug-likeness (QED) is 0.849. The van der Waals surface area contributed by atoms with E-state index in [4.69, 9.17) is 4.74 Å². The third-order valence-corrected chi connectivity index (χ3v) is 5.53. The van der Waals surface area contributed by atoms with Gasteiger partial charge in [-0.25, -0.2) is 13.2 Å². The summed E-state index contributed by atoms with van der Waals surface area (Å²) in [5.74, 6) is -0.0480. The molecule has 6 nitrogen and oxygen atoms in total. The summed E-state index contributed by atoms with van der Waals surface area (Å²) in [6.45, 7) is 5.97. The second-order valence-electron chi connectivity index (χ2n) is 6.51. The van der Waals surface area contributed by atoms with Crippen LogP contribution in [0.25, 0.3) is 0 Å². The molecule has 0 aromatic carbocycles. The van der Waals surface area contributed by atoms with Crippen molar-refractivity contribution in [1.82, 2.24) is 9.88 Å². The van der Waals surface area contributed by atoms with Crippen LogP contribution >= 0.6 is 0 Å². The van der Waals surface area contributed by atoms with Gasteiger partial charge in [0.2, 0.25) is 0 Å². The van der Waals surface area contributed by atoms with Crippen LogP contribution in [0.2, 0.25) is 0 Å². The molecule has 2 heterocycles. The van der Waals surface area contributed by atoms with E-state index < -0.39 is 26.8 Å². The molecule has 0 radical (unpaired) electrons. The zero-order valence-corrected chi connectivity index (χ0v) is 14.0. The number of pyridine rings is 1. The van der Waals surface area contributed by atoms with E-state index in [0.29, 0.717) is 18.5 Å². The van der Waals surface area contributed by atoms with Gasteiger partial charge < -0.3 is 9.64 Å². The van der Waals surface area contributed by atoms with Crippen molar-refractivity contribution < 1.29 is 17.9 Å². The van der Waals surface area contributed by atoms with Crippen LogP contribution in [0.3, 0.4) is 0 Å². The fourth-order valence-corrected chi connectivity index (χ4v) is 4.09. The Morgan fingerprint density at radius 3 is 2.77 bits per heavy atom. The molecular formula is C15H22N2O4S. The van der Waals surface area contributed by atoms with Crippen LogP contribution in [0.15, 0.2) is 24.5 Å². The average Bonchev–Trinajstić information content (AvgIpc) is 2.87. The van der Waals surface area contributed by atoms with Crippen molar-refractivity contribution in [3.63, 3.8) is 0 Å². The minimum Gasteiger partial charge on any atom is -0.444 e. The maximum Gasteiger partial charge on any atom is 0.410 e. The van der Waals surface area contributed by atoms with Crippen LogP contribution in [0.4, 0.5) is 4.79 Å². The van der Waals surface area contributed by atoms with Crippen LogP contribution in [-0.4, -0.2) is 48.3 Å². The normalized spacial score (nSPS) is 19.2. The molecule has 0 unspecified atom stereocenters. The number of aromatic nitrogens is 1. The number of carbonyl (C=O) groups is 1. The van der Waals surface area contributed by atoms with E-state index in [-0.39, 0.29) is 12.3 Å². The number of sulfone groups is 1. The Kier molecular flexibility index (Phi) is 4.75. The van der Waals surface area contributed by atoms with Gasteiger partial charge in [-0.15, -0.1) is 0 Å². The summed E-state index contributed by atoms with van der Waals surface area (Å²) >= 11 is 0. The maximum absolute atomic E-state index is 12.4. The van der Waals surface area contributed by atoms with E-state index >= 15 is 0 Å². The summed E-state index contributed by atoms with van der Waals surface area (Å²) in [5.41, 5.74) is 0.0854. The topological polar surface area (TPSA) is 76.6 Å². The largest absolute Gasteiger partial charge is 0.444 e. The first kappa shape index (κ1) is 16.7. The highest BCUT2D eigenvalue weighted by atomic mass is 32.2. The van der Waals surface area contributed by atoms with Crippen LogP contribution in [0, 0.1) is 0 Å². The Bertz CT molecular complexity index is 623.